The Labute approximate surface area is 154 Å². The molecule has 1 saturated heterocycles. The molecule has 0 aliphatic carbocycles. The van der Waals surface area contributed by atoms with Gasteiger partial charge in [0.05, 0.1) is 16.4 Å². The highest BCUT2D eigenvalue weighted by molar-refractivity contribution is 7.89. The highest BCUT2D eigenvalue weighted by Crippen LogP contribution is 2.24. The van der Waals surface area contributed by atoms with Crippen molar-refractivity contribution in [2.24, 2.45) is 0 Å². The molecular formula is C15H13ClN4O5S. The summed E-state index contributed by atoms with van der Waals surface area (Å²) in [4.78, 5) is 27.7. The van der Waals surface area contributed by atoms with Crippen molar-refractivity contribution >= 4 is 33.3 Å². The standard InChI is InChI=1S/C15H13ClN4O5S/c16-14-6-1-11(9-17-14)10-18-7-8-19(15(18)21)26(24,25)13-4-2-12(3-5-13)20(22)23/h1-6,9H,7-8,10H2. The SMILES string of the molecule is O=C1N(Cc2ccc(Cl)nc2)CCN1S(=O)(=O)c1ccc([N+](=O)[O-])cc1. The first-order chi connectivity index (χ1) is 12.3. The molecule has 1 aromatic carbocycles. The number of urea groups is 1. The van der Waals surface area contributed by atoms with Crippen LogP contribution in [-0.4, -0.2) is 46.7 Å². The van der Waals surface area contributed by atoms with E-state index in [4.69, 9.17) is 11.6 Å². The summed E-state index contributed by atoms with van der Waals surface area (Å²) in [5.41, 5.74) is 0.492. The molecule has 2 heterocycles. The molecule has 1 aliphatic rings. The molecule has 0 spiro atoms. The molecule has 0 saturated carbocycles. The number of nitro groups is 1. The van der Waals surface area contributed by atoms with E-state index in [1.807, 2.05) is 0 Å². The number of halogens is 1. The fourth-order valence-corrected chi connectivity index (χ4v) is 4.01. The van der Waals surface area contributed by atoms with Crippen molar-refractivity contribution in [3.63, 3.8) is 0 Å². The van der Waals surface area contributed by atoms with E-state index in [9.17, 15) is 23.3 Å². The molecule has 3 rings (SSSR count). The molecule has 0 bridgehead atoms. The van der Waals surface area contributed by atoms with Crippen LogP contribution in [0.15, 0.2) is 47.5 Å². The van der Waals surface area contributed by atoms with Crippen LogP contribution in [0.1, 0.15) is 5.56 Å². The van der Waals surface area contributed by atoms with E-state index in [0.717, 1.165) is 34.1 Å². The quantitative estimate of drug-likeness (QED) is 0.435. The molecule has 26 heavy (non-hydrogen) atoms. The lowest BCUT2D eigenvalue weighted by atomic mass is 10.3. The Kier molecular flexibility index (Phi) is 4.79. The smallest absolute Gasteiger partial charge is 0.318 e. The minimum atomic E-state index is -4.08. The topological polar surface area (TPSA) is 114 Å². The number of nitro benzene ring substituents is 1. The van der Waals surface area contributed by atoms with E-state index in [1.165, 1.54) is 11.1 Å². The summed E-state index contributed by atoms with van der Waals surface area (Å²) in [5.74, 6) is 0. The fraction of sp³-hybridized carbons (Fsp3) is 0.200. The van der Waals surface area contributed by atoms with Gasteiger partial charge in [-0.1, -0.05) is 17.7 Å². The average Bonchev–Trinajstić information content (AvgIpc) is 2.98. The average molecular weight is 397 g/mol. The van der Waals surface area contributed by atoms with Gasteiger partial charge in [-0.3, -0.25) is 10.1 Å². The first-order valence-electron chi connectivity index (χ1n) is 7.45. The molecule has 1 aliphatic heterocycles. The van der Waals surface area contributed by atoms with Gasteiger partial charge in [0.25, 0.3) is 15.7 Å². The zero-order chi connectivity index (χ0) is 18.9. The highest BCUT2D eigenvalue weighted by atomic mass is 35.5. The maximum atomic E-state index is 12.6. The highest BCUT2D eigenvalue weighted by Gasteiger charge is 2.38. The van der Waals surface area contributed by atoms with Crippen molar-refractivity contribution < 1.29 is 18.1 Å². The van der Waals surface area contributed by atoms with Gasteiger partial charge in [0.15, 0.2) is 0 Å². The summed E-state index contributed by atoms with van der Waals surface area (Å²) in [6.45, 7) is 0.433. The number of aromatic nitrogens is 1. The van der Waals surface area contributed by atoms with E-state index >= 15 is 0 Å². The number of hydrogen-bond acceptors (Lipinski definition) is 6. The number of non-ortho nitro benzene ring substituents is 1. The van der Waals surface area contributed by atoms with Gasteiger partial charge in [-0.05, 0) is 23.8 Å². The lowest BCUT2D eigenvalue weighted by molar-refractivity contribution is -0.384. The summed E-state index contributed by atoms with van der Waals surface area (Å²) in [5, 5.41) is 11.0. The molecule has 0 N–H and O–H groups in total. The van der Waals surface area contributed by atoms with Gasteiger partial charge in [-0.2, -0.15) is 0 Å². The Morgan fingerprint density at radius 2 is 1.85 bits per heavy atom. The number of sulfonamides is 1. The molecule has 11 heteroatoms. The first-order valence-corrected chi connectivity index (χ1v) is 9.27. The summed E-state index contributed by atoms with van der Waals surface area (Å²) in [6.07, 6.45) is 1.52. The molecule has 0 atom stereocenters. The van der Waals surface area contributed by atoms with Crippen molar-refractivity contribution in [1.82, 2.24) is 14.2 Å². The van der Waals surface area contributed by atoms with E-state index in [2.05, 4.69) is 4.98 Å². The maximum Gasteiger partial charge on any atom is 0.334 e. The van der Waals surface area contributed by atoms with Crippen LogP contribution in [0, 0.1) is 10.1 Å². The molecular weight excluding hydrogens is 384 g/mol. The van der Waals surface area contributed by atoms with Crippen LogP contribution in [0.25, 0.3) is 0 Å². The van der Waals surface area contributed by atoms with Crippen LogP contribution in [0.2, 0.25) is 5.15 Å². The second kappa shape index (κ2) is 6.89. The number of carbonyl (C=O) groups excluding carboxylic acids is 1. The van der Waals surface area contributed by atoms with Crippen LogP contribution < -0.4 is 0 Å². The Morgan fingerprint density at radius 3 is 2.42 bits per heavy atom. The molecule has 9 nitrogen and oxygen atoms in total. The zero-order valence-electron chi connectivity index (χ0n) is 13.3. The van der Waals surface area contributed by atoms with Gasteiger partial charge < -0.3 is 4.90 Å². The summed E-state index contributed by atoms with van der Waals surface area (Å²) in [7, 11) is -4.08. The predicted octanol–water partition coefficient (Wildman–Crippen LogP) is 2.27. The number of amides is 2. The van der Waals surface area contributed by atoms with Crippen LogP contribution >= 0.6 is 11.6 Å². The first kappa shape index (κ1) is 18.1. The molecule has 2 aromatic rings. The fourth-order valence-electron chi connectivity index (χ4n) is 2.52. The van der Waals surface area contributed by atoms with Crippen LogP contribution in [0.4, 0.5) is 10.5 Å². The van der Waals surface area contributed by atoms with Crippen LogP contribution in [0.3, 0.4) is 0 Å². The molecule has 0 unspecified atom stereocenters. The summed E-state index contributed by atoms with van der Waals surface area (Å²) < 4.78 is 26.1. The van der Waals surface area contributed by atoms with Crippen molar-refractivity contribution in [2.45, 2.75) is 11.4 Å². The Balaban J connectivity index is 1.77. The van der Waals surface area contributed by atoms with E-state index in [1.54, 1.807) is 12.1 Å². The minimum Gasteiger partial charge on any atom is -0.318 e. The minimum absolute atomic E-state index is 0.000821. The van der Waals surface area contributed by atoms with E-state index in [-0.39, 0.29) is 30.2 Å². The van der Waals surface area contributed by atoms with E-state index < -0.39 is 21.0 Å². The van der Waals surface area contributed by atoms with Gasteiger partial charge in [-0.15, -0.1) is 0 Å². The summed E-state index contributed by atoms with van der Waals surface area (Å²) in [6, 6.07) is 7.05. The normalized spacial score (nSPS) is 14.7. The summed E-state index contributed by atoms with van der Waals surface area (Å²) >= 11 is 5.72. The van der Waals surface area contributed by atoms with Gasteiger partial charge >= 0.3 is 6.03 Å². The molecule has 2 amide bonds. The predicted molar refractivity (Wildman–Crippen MR) is 92.0 cm³/mol. The third kappa shape index (κ3) is 3.46. The monoisotopic (exact) mass is 396 g/mol. The third-order valence-corrected chi connectivity index (χ3v) is 5.86. The lowest BCUT2D eigenvalue weighted by Crippen LogP contribution is -2.36. The number of pyridine rings is 1. The Bertz CT molecular complexity index is 947. The van der Waals surface area contributed by atoms with Gasteiger partial charge in [0, 0.05) is 31.4 Å². The number of nitrogens with zero attached hydrogens (tertiary/aromatic N) is 4. The number of rotatable bonds is 5. The lowest BCUT2D eigenvalue weighted by Gasteiger charge is -2.18. The second-order valence-electron chi connectivity index (χ2n) is 5.52. The van der Waals surface area contributed by atoms with Crippen LogP contribution in [0.5, 0.6) is 0 Å². The van der Waals surface area contributed by atoms with Crippen molar-refractivity contribution in [3.8, 4) is 0 Å². The zero-order valence-corrected chi connectivity index (χ0v) is 14.9. The van der Waals surface area contributed by atoms with Gasteiger partial charge in [0.2, 0.25) is 0 Å². The third-order valence-electron chi connectivity index (χ3n) is 3.85. The Hall–Kier alpha value is -2.72. The van der Waals surface area contributed by atoms with E-state index in [0.29, 0.717) is 5.15 Å². The Morgan fingerprint density at radius 1 is 1.15 bits per heavy atom. The molecule has 1 aromatic heterocycles. The molecule has 0 radical (unpaired) electrons. The number of hydrogen-bond donors (Lipinski definition) is 0. The van der Waals surface area contributed by atoms with Gasteiger partial charge in [-0.25, -0.2) is 22.5 Å². The molecule has 136 valence electrons. The molecule has 1 fully saturated rings. The number of benzene rings is 1. The van der Waals surface area contributed by atoms with Crippen molar-refractivity contribution in [2.75, 3.05) is 13.1 Å². The largest absolute Gasteiger partial charge is 0.334 e. The van der Waals surface area contributed by atoms with Crippen LogP contribution in [-0.2, 0) is 16.6 Å². The number of carbonyl (C=O) groups is 1. The maximum absolute atomic E-state index is 12.6. The second-order valence-corrected chi connectivity index (χ2v) is 7.77. The van der Waals surface area contributed by atoms with Crippen molar-refractivity contribution in [3.05, 3.63) is 63.4 Å². The van der Waals surface area contributed by atoms with Crippen molar-refractivity contribution in [1.29, 1.82) is 0 Å². The van der Waals surface area contributed by atoms with Gasteiger partial charge in [0.1, 0.15) is 5.15 Å².